The Bertz CT molecular complexity index is 491. The van der Waals surface area contributed by atoms with Gasteiger partial charge >= 0.3 is 0 Å². The molecule has 3 rings (SSSR count). The molecule has 2 fully saturated rings. The molecule has 0 spiro atoms. The molecule has 2 aliphatic rings. The molecule has 0 radical (unpaired) electrons. The first-order chi connectivity index (χ1) is 11.2. The van der Waals surface area contributed by atoms with Gasteiger partial charge in [0, 0.05) is 30.6 Å². The first-order valence-corrected chi connectivity index (χ1v) is 9.92. The molecular formula is C18H30N4S. The minimum absolute atomic E-state index is 0.639. The van der Waals surface area contributed by atoms with Gasteiger partial charge in [0.2, 0.25) is 0 Å². The standard InChI is InChI=1S/C18H30N4S/c1-3-19-18(21-17-11-14(17)2)20-12-15-6-8-22(9-7-15)13-16-5-4-10-23-16/h4-5,10,14-15,17H,3,6-9,11-13H2,1-2H3,(H2,19,20,21). The summed E-state index contributed by atoms with van der Waals surface area (Å²) in [5, 5.41) is 9.11. The van der Waals surface area contributed by atoms with Gasteiger partial charge in [-0.1, -0.05) is 13.0 Å². The van der Waals surface area contributed by atoms with Gasteiger partial charge in [-0.25, -0.2) is 0 Å². The highest BCUT2D eigenvalue weighted by Gasteiger charge is 2.33. The molecule has 4 nitrogen and oxygen atoms in total. The largest absolute Gasteiger partial charge is 0.357 e. The van der Waals surface area contributed by atoms with Crippen LogP contribution in [0.5, 0.6) is 0 Å². The Morgan fingerprint density at radius 1 is 1.39 bits per heavy atom. The van der Waals surface area contributed by atoms with Gasteiger partial charge in [-0.15, -0.1) is 11.3 Å². The molecule has 2 unspecified atom stereocenters. The van der Waals surface area contributed by atoms with E-state index in [2.05, 4.69) is 46.9 Å². The molecule has 2 atom stereocenters. The van der Waals surface area contributed by atoms with Crippen molar-refractivity contribution in [3.8, 4) is 0 Å². The molecule has 128 valence electrons. The van der Waals surface area contributed by atoms with Gasteiger partial charge in [-0.3, -0.25) is 9.89 Å². The van der Waals surface area contributed by atoms with E-state index in [4.69, 9.17) is 4.99 Å². The Balaban J connectivity index is 1.41. The van der Waals surface area contributed by atoms with E-state index < -0.39 is 0 Å². The number of hydrogen-bond acceptors (Lipinski definition) is 3. The van der Waals surface area contributed by atoms with Crippen molar-refractivity contribution in [1.82, 2.24) is 15.5 Å². The lowest BCUT2D eigenvalue weighted by Gasteiger charge is -2.31. The summed E-state index contributed by atoms with van der Waals surface area (Å²) in [5.41, 5.74) is 0. The zero-order valence-corrected chi connectivity index (χ0v) is 15.2. The second-order valence-corrected chi connectivity index (χ2v) is 8.01. The third kappa shape index (κ3) is 5.21. The predicted octanol–water partition coefficient (Wildman–Crippen LogP) is 2.92. The number of hydrogen-bond donors (Lipinski definition) is 2. The zero-order chi connectivity index (χ0) is 16.1. The Morgan fingerprint density at radius 2 is 2.17 bits per heavy atom. The van der Waals surface area contributed by atoms with Crippen LogP contribution in [0.15, 0.2) is 22.5 Å². The molecule has 2 N–H and O–H groups in total. The number of nitrogens with one attached hydrogen (secondary N) is 2. The molecule has 1 aromatic heterocycles. The van der Waals surface area contributed by atoms with E-state index in [0.717, 1.165) is 37.4 Å². The second kappa shape index (κ2) is 8.15. The van der Waals surface area contributed by atoms with Crippen LogP contribution in [-0.2, 0) is 6.54 Å². The van der Waals surface area contributed by atoms with Gasteiger partial charge in [-0.2, -0.15) is 0 Å². The van der Waals surface area contributed by atoms with Crippen LogP contribution in [-0.4, -0.2) is 43.1 Å². The smallest absolute Gasteiger partial charge is 0.191 e. The predicted molar refractivity (Wildman–Crippen MR) is 99.0 cm³/mol. The maximum atomic E-state index is 4.83. The van der Waals surface area contributed by atoms with Gasteiger partial charge < -0.3 is 10.6 Å². The lowest BCUT2D eigenvalue weighted by molar-refractivity contribution is 0.182. The zero-order valence-electron chi connectivity index (χ0n) is 14.4. The number of nitrogens with zero attached hydrogens (tertiary/aromatic N) is 2. The number of aliphatic imine (C=N–C) groups is 1. The summed E-state index contributed by atoms with van der Waals surface area (Å²) in [6.07, 6.45) is 3.83. The average Bonchev–Trinajstić information content (AvgIpc) is 3.01. The summed E-state index contributed by atoms with van der Waals surface area (Å²) in [7, 11) is 0. The second-order valence-electron chi connectivity index (χ2n) is 6.98. The first-order valence-electron chi connectivity index (χ1n) is 9.04. The molecule has 1 saturated heterocycles. The van der Waals surface area contributed by atoms with E-state index in [1.54, 1.807) is 0 Å². The molecule has 0 amide bonds. The molecule has 1 aliphatic carbocycles. The van der Waals surface area contributed by atoms with Crippen LogP contribution in [0.3, 0.4) is 0 Å². The van der Waals surface area contributed by atoms with Crippen LogP contribution >= 0.6 is 11.3 Å². The highest BCUT2D eigenvalue weighted by Crippen LogP contribution is 2.28. The fourth-order valence-electron chi connectivity index (χ4n) is 3.19. The Hall–Kier alpha value is -1.07. The Kier molecular flexibility index (Phi) is 5.95. The van der Waals surface area contributed by atoms with Crippen LogP contribution in [0.1, 0.15) is 38.0 Å². The van der Waals surface area contributed by atoms with Crippen LogP contribution in [0.4, 0.5) is 0 Å². The number of thiophene rings is 1. The molecular weight excluding hydrogens is 304 g/mol. The van der Waals surface area contributed by atoms with Crippen molar-refractivity contribution in [2.45, 2.75) is 45.7 Å². The van der Waals surface area contributed by atoms with Crippen molar-refractivity contribution in [2.24, 2.45) is 16.8 Å². The van der Waals surface area contributed by atoms with Crippen LogP contribution in [0, 0.1) is 11.8 Å². The van der Waals surface area contributed by atoms with Crippen LogP contribution in [0.25, 0.3) is 0 Å². The highest BCUT2D eigenvalue weighted by atomic mass is 32.1. The van der Waals surface area contributed by atoms with E-state index in [1.165, 1.54) is 37.2 Å². The van der Waals surface area contributed by atoms with Crippen LogP contribution in [0.2, 0.25) is 0 Å². The van der Waals surface area contributed by atoms with E-state index >= 15 is 0 Å². The van der Waals surface area contributed by atoms with Gasteiger partial charge in [-0.05, 0) is 62.6 Å². The normalized spacial score (nSPS) is 26.3. The lowest BCUT2D eigenvalue weighted by Crippen LogP contribution is -2.40. The molecule has 0 bridgehead atoms. The monoisotopic (exact) mass is 334 g/mol. The Labute approximate surface area is 144 Å². The van der Waals surface area contributed by atoms with Crippen molar-refractivity contribution in [2.75, 3.05) is 26.2 Å². The summed E-state index contributed by atoms with van der Waals surface area (Å²) in [4.78, 5) is 8.90. The fraction of sp³-hybridized carbons (Fsp3) is 0.722. The van der Waals surface area contributed by atoms with Crippen molar-refractivity contribution in [1.29, 1.82) is 0 Å². The minimum Gasteiger partial charge on any atom is -0.357 e. The van der Waals surface area contributed by atoms with Gasteiger partial charge in [0.05, 0.1) is 0 Å². The quantitative estimate of drug-likeness (QED) is 0.621. The molecule has 1 saturated carbocycles. The van der Waals surface area contributed by atoms with Gasteiger partial charge in [0.1, 0.15) is 0 Å². The fourth-order valence-corrected chi connectivity index (χ4v) is 3.94. The summed E-state index contributed by atoms with van der Waals surface area (Å²) in [6.45, 7) is 9.87. The number of likely N-dealkylation sites (tertiary alicyclic amines) is 1. The topological polar surface area (TPSA) is 39.7 Å². The summed E-state index contributed by atoms with van der Waals surface area (Å²) in [5.74, 6) is 2.56. The van der Waals surface area contributed by atoms with E-state index in [-0.39, 0.29) is 0 Å². The minimum atomic E-state index is 0.639. The van der Waals surface area contributed by atoms with Crippen LogP contribution < -0.4 is 10.6 Å². The molecule has 0 aromatic carbocycles. The first kappa shape index (κ1) is 16.8. The summed E-state index contributed by atoms with van der Waals surface area (Å²) in [6, 6.07) is 5.03. The SMILES string of the molecule is CCNC(=NCC1CCN(Cc2cccs2)CC1)NC1CC1C. The van der Waals surface area contributed by atoms with E-state index in [0.29, 0.717) is 6.04 Å². The maximum absolute atomic E-state index is 4.83. The van der Waals surface area contributed by atoms with Crippen molar-refractivity contribution in [3.63, 3.8) is 0 Å². The van der Waals surface area contributed by atoms with Crippen molar-refractivity contribution < 1.29 is 0 Å². The average molecular weight is 335 g/mol. The van der Waals surface area contributed by atoms with E-state index in [9.17, 15) is 0 Å². The Morgan fingerprint density at radius 3 is 2.78 bits per heavy atom. The molecule has 2 heterocycles. The lowest BCUT2D eigenvalue weighted by atomic mass is 9.97. The third-order valence-corrected chi connectivity index (χ3v) is 5.81. The molecule has 5 heteroatoms. The molecule has 23 heavy (non-hydrogen) atoms. The molecule has 1 aliphatic heterocycles. The molecule has 1 aromatic rings. The van der Waals surface area contributed by atoms with E-state index in [1.807, 2.05) is 11.3 Å². The maximum Gasteiger partial charge on any atom is 0.191 e. The number of piperidine rings is 1. The van der Waals surface area contributed by atoms with Crippen molar-refractivity contribution in [3.05, 3.63) is 22.4 Å². The third-order valence-electron chi connectivity index (χ3n) is 4.95. The van der Waals surface area contributed by atoms with Gasteiger partial charge in [0.15, 0.2) is 5.96 Å². The van der Waals surface area contributed by atoms with Gasteiger partial charge in [0.25, 0.3) is 0 Å². The summed E-state index contributed by atoms with van der Waals surface area (Å²) < 4.78 is 0. The number of guanidine groups is 1. The number of rotatable bonds is 6. The summed E-state index contributed by atoms with van der Waals surface area (Å²) >= 11 is 1.87. The van der Waals surface area contributed by atoms with Crippen molar-refractivity contribution >= 4 is 17.3 Å². The highest BCUT2D eigenvalue weighted by molar-refractivity contribution is 7.09.